The molecule has 0 aliphatic carbocycles. The molecule has 1 amide bonds. The number of amides is 1. The Morgan fingerprint density at radius 2 is 1.81 bits per heavy atom. The van der Waals surface area contributed by atoms with Gasteiger partial charge in [-0.2, -0.15) is 0 Å². The van der Waals surface area contributed by atoms with E-state index in [2.05, 4.69) is 32.4 Å². The van der Waals surface area contributed by atoms with Crippen LogP contribution in [0.5, 0.6) is 0 Å². The second-order valence-corrected chi connectivity index (χ2v) is 8.86. The molecule has 0 bridgehead atoms. The minimum absolute atomic E-state index is 0.179. The summed E-state index contributed by atoms with van der Waals surface area (Å²) >= 11 is 0. The molecule has 5 rings (SSSR count). The third kappa shape index (κ3) is 5.81. The molecule has 0 aliphatic heterocycles. The molecule has 0 unspecified atom stereocenters. The Morgan fingerprint density at radius 1 is 1.00 bits per heavy atom. The first kappa shape index (κ1) is 24.1. The molecule has 37 heavy (non-hydrogen) atoms. The Kier molecular flexibility index (Phi) is 7.16. The lowest BCUT2D eigenvalue weighted by molar-refractivity contribution is -0.121. The molecule has 7 nitrogen and oxygen atoms in total. The van der Waals surface area contributed by atoms with Crippen LogP contribution < -0.4 is 10.9 Å². The predicted octanol–water partition coefficient (Wildman–Crippen LogP) is 4.42. The van der Waals surface area contributed by atoms with Gasteiger partial charge in [-0.1, -0.05) is 30.3 Å². The average molecular weight is 496 g/mol. The number of benzene rings is 2. The fourth-order valence-corrected chi connectivity index (χ4v) is 4.33. The zero-order chi connectivity index (χ0) is 25.6. The first-order chi connectivity index (χ1) is 18.1. The molecule has 0 aliphatic rings. The molecule has 0 radical (unpaired) electrons. The van der Waals surface area contributed by atoms with E-state index in [4.69, 9.17) is 0 Å². The Hall–Kier alpha value is -4.59. The van der Waals surface area contributed by atoms with E-state index in [-0.39, 0.29) is 30.4 Å². The van der Waals surface area contributed by atoms with E-state index in [1.807, 2.05) is 30.3 Å². The molecular weight excluding hydrogens is 469 g/mol. The number of carbonyl (C=O) groups is 1. The minimum Gasteiger partial charge on any atom is -0.357 e. The minimum atomic E-state index is -0.380. The Morgan fingerprint density at radius 3 is 2.59 bits per heavy atom. The molecule has 3 aromatic heterocycles. The number of aromatic amines is 1. The maximum Gasteiger partial charge on any atom is 0.273 e. The van der Waals surface area contributed by atoms with E-state index < -0.39 is 0 Å². The van der Waals surface area contributed by atoms with Crippen LogP contribution in [0.3, 0.4) is 0 Å². The van der Waals surface area contributed by atoms with Crippen molar-refractivity contribution < 1.29 is 9.18 Å². The summed E-state index contributed by atoms with van der Waals surface area (Å²) in [5.74, 6) is -0.696. The largest absolute Gasteiger partial charge is 0.357 e. The highest BCUT2D eigenvalue weighted by atomic mass is 19.1. The van der Waals surface area contributed by atoms with Gasteiger partial charge in [0.15, 0.2) is 0 Å². The van der Waals surface area contributed by atoms with Crippen molar-refractivity contribution in [2.75, 3.05) is 0 Å². The van der Waals surface area contributed by atoms with Crippen LogP contribution in [0.15, 0.2) is 90.1 Å². The molecule has 3 heterocycles. The highest BCUT2D eigenvalue weighted by molar-refractivity contribution is 5.80. The Labute approximate surface area is 213 Å². The average Bonchev–Trinajstić information content (AvgIpc) is 3.34. The maximum absolute atomic E-state index is 13.5. The lowest BCUT2D eigenvalue weighted by Gasteiger charge is -2.14. The summed E-state index contributed by atoms with van der Waals surface area (Å²) in [6.45, 7) is 0.102. The van der Waals surface area contributed by atoms with Crippen molar-refractivity contribution in [2.45, 2.75) is 32.4 Å². The molecule has 0 saturated heterocycles. The number of aromatic nitrogens is 4. The van der Waals surface area contributed by atoms with Crippen LogP contribution in [0.4, 0.5) is 4.39 Å². The number of nitrogens with zero attached hydrogens (tertiary/aromatic N) is 3. The zero-order valence-electron chi connectivity index (χ0n) is 20.2. The first-order valence-electron chi connectivity index (χ1n) is 12.1. The van der Waals surface area contributed by atoms with Crippen LogP contribution in [0, 0.1) is 5.82 Å². The van der Waals surface area contributed by atoms with Crippen LogP contribution in [0.1, 0.15) is 23.4 Å². The van der Waals surface area contributed by atoms with Gasteiger partial charge in [0.1, 0.15) is 18.1 Å². The van der Waals surface area contributed by atoms with Gasteiger partial charge in [-0.05, 0) is 61.2 Å². The summed E-state index contributed by atoms with van der Waals surface area (Å²) in [5, 5.41) is 3.83. The van der Waals surface area contributed by atoms with Gasteiger partial charge < -0.3 is 10.3 Å². The van der Waals surface area contributed by atoms with Gasteiger partial charge in [0.05, 0.1) is 18.4 Å². The van der Waals surface area contributed by atoms with E-state index in [9.17, 15) is 14.0 Å². The van der Waals surface area contributed by atoms with Crippen LogP contribution in [-0.2, 0) is 30.7 Å². The fraction of sp³-hybridized carbons (Fsp3) is 0.172. The number of pyridine rings is 1. The summed E-state index contributed by atoms with van der Waals surface area (Å²) in [7, 11) is 0. The molecule has 0 atom stereocenters. The third-order valence-corrected chi connectivity index (χ3v) is 6.24. The molecule has 5 aromatic rings. The van der Waals surface area contributed by atoms with Crippen LogP contribution in [-0.4, -0.2) is 25.4 Å². The molecule has 2 N–H and O–H groups in total. The molecule has 2 aromatic carbocycles. The van der Waals surface area contributed by atoms with Crippen LogP contribution in [0.25, 0.3) is 22.2 Å². The summed E-state index contributed by atoms with van der Waals surface area (Å²) in [4.78, 5) is 38.1. The predicted molar refractivity (Wildman–Crippen MR) is 140 cm³/mol. The van der Waals surface area contributed by atoms with Gasteiger partial charge in [0.2, 0.25) is 5.91 Å². The number of hydrogen-bond donors (Lipinski definition) is 2. The highest BCUT2D eigenvalue weighted by Gasteiger charge is 2.15. The lowest BCUT2D eigenvalue weighted by atomic mass is 10.1. The SMILES string of the molecule is O=C(Cn1c(-c2ccc(F)cc2)cnc(CCCc2ccccc2)c1=O)NCc1cc2cnccc2[nH]1. The standard InChI is InChI=1S/C29H26FN5O2/c30-23-11-9-21(10-12-23)27-18-32-26(8-4-7-20-5-2-1-3-6-20)29(37)35(27)19-28(36)33-17-24-15-22-16-31-14-13-25(22)34-24/h1-3,5-6,9-16,18,34H,4,7-8,17,19H2,(H,33,36). The van der Waals surface area contributed by atoms with Crippen molar-refractivity contribution in [1.29, 1.82) is 0 Å². The van der Waals surface area contributed by atoms with Crippen molar-refractivity contribution >= 4 is 16.8 Å². The summed E-state index contributed by atoms with van der Waals surface area (Å²) < 4.78 is 14.9. The van der Waals surface area contributed by atoms with Gasteiger partial charge in [-0.25, -0.2) is 4.39 Å². The second-order valence-electron chi connectivity index (χ2n) is 8.86. The van der Waals surface area contributed by atoms with Crippen molar-refractivity contribution in [1.82, 2.24) is 24.8 Å². The van der Waals surface area contributed by atoms with E-state index >= 15 is 0 Å². The van der Waals surface area contributed by atoms with Gasteiger partial charge in [0, 0.05) is 34.6 Å². The molecule has 186 valence electrons. The molecule has 0 saturated carbocycles. The van der Waals surface area contributed by atoms with Gasteiger partial charge in [-0.3, -0.25) is 24.1 Å². The first-order valence-corrected chi connectivity index (χ1v) is 12.1. The van der Waals surface area contributed by atoms with Gasteiger partial charge in [0.25, 0.3) is 5.56 Å². The Bertz CT molecular complexity index is 1540. The monoisotopic (exact) mass is 495 g/mol. The number of halogens is 1. The summed E-state index contributed by atoms with van der Waals surface area (Å²) in [6, 6.07) is 19.6. The van der Waals surface area contributed by atoms with Crippen molar-refractivity contribution in [2.24, 2.45) is 0 Å². The fourth-order valence-electron chi connectivity index (χ4n) is 4.33. The molecule has 0 spiro atoms. The second kappa shape index (κ2) is 11.0. The molecule has 8 heteroatoms. The quantitative estimate of drug-likeness (QED) is 0.317. The normalized spacial score (nSPS) is 11.1. The molecular formula is C29H26FN5O2. The number of hydrogen-bond acceptors (Lipinski definition) is 4. The van der Waals surface area contributed by atoms with Crippen molar-refractivity contribution in [3.05, 3.63) is 118 Å². The topological polar surface area (TPSA) is 92.7 Å². The number of rotatable bonds is 9. The van der Waals surface area contributed by atoms with Crippen molar-refractivity contribution in [3.8, 4) is 11.3 Å². The van der Waals surface area contributed by atoms with E-state index in [1.54, 1.807) is 30.7 Å². The number of aryl methyl sites for hydroxylation is 2. The van der Waals surface area contributed by atoms with E-state index in [0.29, 0.717) is 23.4 Å². The lowest BCUT2D eigenvalue weighted by Crippen LogP contribution is -2.34. The van der Waals surface area contributed by atoms with Gasteiger partial charge >= 0.3 is 0 Å². The number of fused-ring (bicyclic) bond motifs is 1. The van der Waals surface area contributed by atoms with Gasteiger partial charge in [-0.15, -0.1) is 0 Å². The summed E-state index contributed by atoms with van der Waals surface area (Å²) in [5.41, 5.74) is 4.11. The Balaban J connectivity index is 1.35. The smallest absolute Gasteiger partial charge is 0.273 e. The summed E-state index contributed by atoms with van der Waals surface area (Å²) in [6.07, 6.45) is 7.10. The number of H-pyrrole nitrogens is 1. The highest BCUT2D eigenvalue weighted by Crippen LogP contribution is 2.19. The van der Waals surface area contributed by atoms with Crippen LogP contribution in [0.2, 0.25) is 0 Å². The molecule has 0 fully saturated rings. The van der Waals surface area contributed by atoms with Crippen molar-refractivity contribution in [3.63, 3.8) is 0 Å². The van der Waals surface area contributed by atoms with Crippen LogP contribution >= 0.6 is 0 Å². The third-order valence-electron chi connectivity index (χ3n) is 6.24. The number of carbonyl (C=O) groups excluding carboxylic acids is 1. The number of nitrogens with one attached hydrogen (secondary N) is 2. The maximum atomic E-state index is 13.5. The van der Waals surface area contributed by atoms with E-state index in [0.717, 1.165) is 29.4 Å². The van der Waals surface area contributed by atoms with E-state index in [1.165, 1.54) is 22.3 Å². The zero-order valence-corrected chi connectivity index (χ0v) is 20.2.